The molecule has 0 spiro atoms. The van der Waals surface area contributed by atoms with E-state index < -0.39 is 37.8 Å². The maximum Gasteiger partial charge on any atom is 0.347 e. The van der Waals surface area contributed by atoms with Gasteiger partial charge >= 0.3 is 11.9 Å². The zero-order chi connectivity index (χ0) is 14.6. The number of esters is 2. The van der Waals surface area contributed by atoms with Crippen molar-refractivity contribution in [1.82, 2.24) is 0 Å². The van der Waals surface area contributed by atoms with E-state index in [2.05, 4.69) is 9.47 Å². The molecule has 4 heteroatoms. The zero-order valence-corrected chi connectivity index (χ0v) is 4.63. The first-order valence-corrected chi connectivity index (χ1v) is 2.22. The van der Waals surface area contributed by atoms with E-state index in [1.54, 1.807) is 0 Å². The number of rotatable bonds is 0. The fourth-order valence-electron chi connectivity index (χ4n) is 0.361. The monoisotopic (exact) mass is 152 g/mol. The highest BCUT2D eigenvalue weighted by atomic mass is 16.6. The normalized spacial score (nSPS) is 62.0. The van der Waals surface area contributed by atoms with Crippen LogP contribution in [0.25, 0.3) is 0 Å². The van der Waals surface area contributed by atoms with Crippen LogP contribution in [0.15, 0.2) is 0 Å². The second-order valence-electron chi connectivity index (χ2n) is 1.44. The first-order chi connectivity index (χ1) is 7.76. The van der Waals surface area contributed by atoms with Gasteiger partial charge in [-0.05, 0) is 13.7 Å². The summed E-state index contributed by atoms with van der Waals surface area (Å²) >= 11 is 0. The molecule has 0 aromatic rings. The highest BCUT2D eigenvalue weighted by Crippen LogP contribution is 2.08. The summed E-state index contributed by atoms with van der Waals surface area (Å²) in [5, 5.41) is 0. The summed E-state index contributed by atoms with van der Waals surface area (Å²) in [5.41, 5.74) is 0. The Morgan fingerprint density at radius 1 is 1.30 bits per heavy atom. The Balaban J connectivity index is 3.20. The molecule has 0 amide bonds. The van der Waals surface area contributed by atoms with Crippen LogP contribution < -0.4 is 0 Å². The first-order valence-electron chi connectivity index (χ1n) is 6.22. The Kier molecular flexibility index (Phi) is 0.449. The minimum Gasteiger partial charge on any atom is -0.448 e. The van der Waals surface area contributed by atoms with Crippen LogP contribution in [0.1, 0.15) is 24.7 Å². The van der Waals surface area contributed by atoms with E-state index in [0.717, 1.165) is 0 Å². The van der Waals surface area contributed by atoms with Crippen molar-refractivity contribution in [2.45, 2.75) is 25.9 Å². The molecule has 1 aliphatic rings. The van der Waals surface area contributed by atoms with Gasteiger partial charge in [-0.25, -0.2) is 9.59 Å². The van der Waals surface area contributed by atoms with Gasteiger partial charge in [-0.3, -0.25) is 0 Å². The van der Waals surface area contributed by atoms with Crippen molar-refractivity contribution >= 4 is 11.9 Å². The Labute approximate surface area is 69.3 Å². The molecular formula is C6H8O4. The smallest absolute Gasteiger partial charge is 0.347 e. The molecule has 1 heterocycles. The molecular weight excluding hydrogens is 136 g/mol. The maximum atomic E-state index is 11.4. The number of cyclic esters (lactones) is 2. The number of hydrogen-bond donors (Lipinski definition) is 0. The van der Waals surface area contributed by atoms with Crippen molar-refractivity contribution < 1.29 is 30.0 Å². The molecule has 0 radical (unpaired) electrons. The van der Waals surface area contributed by atoms with Gasteiger partial charge in [-0.1, -0.05) is 0 Å². The average molecular weight is 152 g/mol. The minimum absolute atomic E-state index is 1.92. The van der Waals surface area contributed by atoms with Crippen molar-refractivity contribution in [3.63, 3.8) is 0 Å². The lowest BCUT2D eigenvalue weighted by Gasteiger charge is -2.22. The Morgan fingerprint density at radius 3 is 2.00 bits per heavy atom. The average Bonchev–Trinajstić information content (AvgIpc) is 2.11. The molecule has 56 valence electrons. The second kappa shape index (κ2) is 2.28. The lowest BCUT2D eigenvalue weighted by molar-refractivity contribution is -0.191. The summed E-state index contributed by atoms with van der Waals surface area (Å²) in [6.07, 6.45) is -6.72. The molecule has 1 fully saturated rings. The largest absolute Gasteiger partial charge is 0.448 e. The van der Waals surface area contributed by atoms with Crippen LogP contribution in [-0.2, 0) is 19.1 Å². The second-order valence-corrected chi connectivity index (χ2v) is 1.44. The van der Waals surface area contributed by atoms with Crippen molar-refractivity contribution in [1.29, 1.82) is 0 Å². The van der Waals surface area contributed by atoms with Gasteiger partial charge in [0.15, 0.2) is 12.2 Å². The molecule has 0 aliphatic carbocycles. The third kappa shape index (κ3) is 1.10. The summed E-state index contributed by atoms with van der Waals surface area (Å²) in [4.78, 5) is 22.7. The fourth-order valence-corrected chi connectivity index (χ4v) is 0.361. The molecule has 1 saturated heterocycles. The van der Waals surface area contributed by atoms with Crippen molar-refractivity contribution in [2.75, 3.05) is 0 Å². The molecule has 2 unspecified atom stereocenters. The predicted molar refractivity (Wildman–Crippen MR) is 31.1 cm³/mol. The molecule has 0 bridgehead atoms. The van der Waals surface area contributed by atoms with Gasteiger partial charge in [0.25, 0.3) is 0 Å². The number of carbonyl (C=O) groups is 2. The molecule has 4 nitrogen and oxygen atoms in total. The van der Waals surface area contributed by atoms with Gasteiger partial charge in [-0.15, -0.1) is 0 Å². The highest BCUT2D eigenvalue weighted by Gasteiger charge is 2.32. The Bertz CT molecular complexity index is 361. The number of ether oxygens (including phenoxy) is 2. The summed E-state index contributed by atoms with van der Waals surface area (Å²) < 4.78 is 63.9. The van der Waals surface area contributed by atoms with Gasteiger partial charge in [0, 0.05) is 8.22 Å². The van der Waals surface area contributed by atoms with E-state index in [4.69, 9.17) is 11.0 Å². The summed E-state index contributed by atoms with van der Waals surface area (Å²) in [7, 11) is 0. The lowest BCUT2D eigenvalue weighted by Crippen LogP contribution is -2.40. The van der Waals surface area contributed by atoms with Crippen LogP contribution >= 0.6 is 0 Å². The van der Waals surface area contributed by atoms with Gasteiger partial charge in [-0.2, -0.15) is 0 Å². The SMILES string of the molecule is [2H]C([2H])([2H])C1([2H])OC(=O)C([2H])(C([2H])([2H])[2H])OC1=O. The third-order valence-corrected chi connectivity index (χ3v) is 0.760. The molecule has 0 N–H and O–H groups in total. The van der Waals surface area contributed by atoms with E-state index in [1.165, 1.54) is 0 Å². The zero-order valence-electron chi connectivity index (χ0n) is 12.6. The van der Waals surface area contributed by atoms with E-state index >= 15 is 0 Å². The van der Waals surface area contributed by atoms with Crippen LogP contribution in [0.5, 0.6) is 0 Å². The molecule has 2 atom stereocenters. The number of carbonyl (C=O) groups excluding carboxylic acids is 2. The van der Waals surface area contributed by atoms with Gasteiger partial charge in [0.1, 0.15) is 0 Å². The quantitative estimate of drug-likeness (QED) is 0.453. The molecule has 10 heavy (non-hydrogen) atoms. The van der Waals surface area contributed by atoms with E-state index in [0.29, 0.717) is 0 Å². The minimum atomic E-state index is -3.37. The summed E-state index contributed by atoms with van der Waals surface area (Å²) in [5.74, 6) is -3.85. The van der Waals surface area contributed by atoms with Crippen LogP contribution in [0.3, 0.4) is 0 Å². The van der Waals surface area contributed by atoms with Crippen LogP contribution in [-0.4, -0.2) is 24.1 Å². The van der Waals surface area contributed by atoms with Crippen molar-refractivity contribution in [3.8, 4) is 0 Å². The van der Waals surface area contributed by atoms with Gasteiger partial charge in [0.05, 0.1) is 2.74 Å². The van der Waals surface area contributed by atoms with E-state index in [9.17, 15) is 9.59 Å². The van der Waals surface area contributed by atoms with Crippen molar-refractivity contribution in [3.05, 3.63) is 0 Å². The fraction of sp³-hybridized carbons (Fsp3) is 0.667. The molecule has 1 rings (SSSR count). The van der Waals surface area contributed by atoms with Crippen LogP contribution in [0.4, 0.5) is 0 Å². The van der Waals surface area contributed by atoms with E-state index in [-0.39, 0.29) is 0 Å². The maximum absolute atomic E-state index is 11.4. The first kappa shape index (κ1) is 1.96. The third-order valence-electron chi connectivity index (χ3n) is 0.760. The van der Waals surface area contributed by atoms with Gasteiger partial charge < -0.3 is 9.47 Å². The summed E-state index contributed by atoms with van der Waals surface area (Å²) in [6.45, 7) is -6.73. The molecule has 1 aliphatic heterocycles. The van der Waals surface area contributed by atoms with Crippen LogP contribution in [0.2, 0.25) is 0 Å². The standard InChI is InChI=1S/C6H8O4/c1-3-5(7)10-4(2)6(8)9-3/h3-4H,1-2H3/i1D3,2D3,3D,4D. The van der Waals surface area contributed by atoms with E-state index in [1.807, 2.05) is 0 Å². The lowest BCUT2D eigenvalue weighted by atomic mass is 10.3. The van der Waals surface area contributed by atoms with Crippen molar-refractivity contribution in [2.24, 2.45) is 0 Å². The van der Waals surface area contributed by atoms with Gasteiger partial charge in [0.2, 0.25) is 0 Å². The topological polar surface area (TPSA) is 52.6 Å². The highest BCUT2D eigenvalue weighted by molar-refractivity contribution is 5.86. The molecule has 0 aromatic heterocycles. The predicted octanol–water partition coefficient (Wildman–Crippen LogP) is -0.137. The molecule has 0 saturated carbocycles. The molecule has 0 aromatic carbocycles. The Hall–Kier alpha value is -1.06. The van der Waals surface area contributed by atoms with Crippen LogP contribution in [0, 0.1) is 0 Å². The summed E-state index contributed by atoms with van der Waals surface area (Å²) in [6, 6.07) is 0. The number of hydrogen-bond acceptors (Lipinski definition) is 4. The Morgan fingerprint density at radius 2 is 1.70 bits per heavy atom.